The normalized spacial score (nSPS) is 9.77. The number of aryl methyl sites for hydroxylation is 1. The van der Waals surface area contributed by atoms with Crippen LogP contribution in [-0.4, -0.2) is 12.5 Å². The van der Waals surface area contributed by atoms with Crippen molar-refractivity contribution >= 4 is 11.6 Å². The highest BCUT2D eigenvalue weighted by Gasteiger charge is 2.07. The van der Waals surface area contributed by atoms with Crippen molar-refractivity contribution in [3.05, 3.63) is 29.6 Å². The van der Waals surface area contributed by atoms with E-state index >= 15 is 0 Å². The Morgan fingerprint density at radius 2 is 2.31 bits per heavy atom. The van der Waals surface area contributed by atoms with E-state index in [2.05, 4.69) is 5.32 Å². The minimum absolute atomic E-state index is 0.145. The number of benzene rings is 1. The van der Waals surface area contributed by atoms with E-state index in [0.717, 1.165) is 0 Å². The molecule has 4 heteroatoms. The number of anilines is 1. The standard InChI is InChI=1S/C9H11FN2O/c1-6-3-2-4-7(10)9(6)12-8(13)5-11/h2-4H,5,11H2,1H3,(H,12,13). The number of hydrogen-bond acceptors (Lipinski definition) is 2. The number of hydrogen-bond donors (Lipinski definition) is 2. The molecular weight excluding hydrogens is 171 g/mol. The molecule has 0 unspecified atom stereocenters. The molecule has 13 heavy (non-hydrogen) atoms. The number of nitrogens with two attached hydrogens (primary N) is 1. The first-order valence-corrected chi connectivity index (χ1v) is 3.90. The summed E-state index contributed by atoms with van der Waals surface area (Å²) in [6, 6.07) is 4.59. The lowest BCUT2D eigenvalue weighted by Crippen LogP contribution is -2.22. The van der Waals surface area contributed by atoms with Gasteiger partial charge in [-0.1, -0.05) is 12.1 Å². The van der Waals surface area contributed by atoms with Gasteiger partial charge in [0.1, 0.15) is 5.82 Å². The molecule has 0 saturated carbocycles. The van der Waals surface area contributed by atoms with E-state index in [4.69, 9.17) is 5.73 Å². The van der Waals surface area contributed by atoms with E-state index in [1.165, 1.54) is 6.07 Å². The maximum absolute atomic E-state index is 13.1. The van der Waals surface area contributed by atoms with E-state index in [9.17, 15) is 9.18 Å². The first-order valence-electron chi connectivity index (χ1n) is 3.90. The monoisotopic (exact) mass is 182 g/mol. The minimum atomic E-state index is -0.443. The van der Waals surface area contributed by atoms with Gasteiger partial charge in [0.15, 0.2) is 0 Å². The van der Waals surface area contributed by atoms with Crippen molar-refractivity contribution in [1.82, 2.24) is 0 Å². The molecule has 0 heterocycles. The molecule has 0 aliphatic carbocycles. The molecule has 0 aliphatic heterocycles. The Balaban J connectivity index is 2.93. The number of rotatable bonds is 2. The average Bonchev–Trinajstić information content (AvgIpc) is 2.11. The Labute approximate surface area is 75.7 Å². The zero-order chi connectivity index (χ0) is 9.84. The molecule has 1 rings (SSSR count). The topological polar surface area (TPSA) is 55.1 Å². The Morgan fingerprint density at radius 1 is 1.62 bits per heavy atom. The van der Waals surface area contributed by atoms with Crippen molar-refractivity contribution in [2.75, 3.05) is 11.9 Å². The molecule has 0 fully saturated rings. The molecule has 0 saturated heterocycles. The second-order valence-corrected chi connectivity index (χ2v) is 2.68. The van der Waals surface area contributed by atoms with Crippen LogP contribution in [0.4, 0.5) is 10.1 Å². The van der Waals surface area contributed by atoms with Gasteiger partial charge in [0.25, 0.3) is 0 Å². The van der Waals surface area contributed by atoms with Crippen LogP contribution in [0.15, 0.2) is 18.2 Å². The van der Waals surface area contributed by atoms with Gasteiger partial charge in [-0.2, -0.15) is 0 Å². The molecule has 0 spiro atoms. The van der Waals surface area contributed by atoms with Gasteiger partial charge < -0.3 is 11.1 Å². The fourth-order valence-electron chi connectivity index (χ4n) is 0.981. The summed E-state index contributed by atoms with van der Waals surface area (Å²) in [7, 11) is 0. The smallest absolute Gasteiger partial charge is 0.238 e. The third-order valence-corrected chi connectivity index (χ3v) is 1.67. The van der Waals surface area contributed by atoms with Gasteiger partial charge >= 0.3 is 0 Å². The molecule has 1 aromatic carbocycles. The van der Waals surface area contributed by atoms with Crippen molar-refractivity contribution in [2.24, 2.45) is 5.73 Å². The Bertz CT molecular complexity index is 305. The molecule has 0 radical (unpaired) electrons. The summed E-state index contributed by atoms with van der Waals surface area (Å²) in [5.41, 5.74) is 5.97. The van der Waals surface area contributed by atoms with Gasteiger partial charge in [0, 0.05) is 0 Å². The Kier molecular flexibility index (Phi) is 2.97. The number of nitrogens with one attached hydrogen (secondary N) is 1. The molecule has 3 nitrogen and oxygen atoms in total. The van der Waals surface area contributed by atoms with Crippen LogP contribution in [0.25, 0.3) is 0 Å². The van der Waals surface area contributed by atoms with Crippen LogP contribution in [0.3, 0.4) is 0 Å². The number of carbonyl (C=O) groups is 1. The predicted molar refractivity (Wildman–Crippen MR) is 48.8 cm³/mol. The molecule has 0 atom stereocenters. The summed E-state index contributed by atoms with van der Waals surface area (Å²) >= 11 is 0. The molecule has 0 aromatic heterocycles. The van der Waals surface area contributed by atoms with Crippen molar-refractivity contribution in [3.8, 4) is 0 Å². The Hall–Kier alpha value is -1.42. The molecule has 1 aromatic rings. The first kappa shape index (κ1) is 9.67. The summed E-state index contributed by atoms with van der Waals surface area (Å²) in [4.78, 5) is 10.9. The number of amides is 1. The first-order chi connectivity index (χ1) is 6.15. The van der Waals surface area contributed by atoms with Crippen LogP contribution >= 0.6 is 0 Å². The summed E-state index contributed by atoms with van der Waals surface area (Å²) in [5, 5.41) is 2.39. The fourth-order valence-corrected chi connectivity index (χ4v) is 0.981. The van der Waals surface area contributed by atoms with Crippen LogP contribution in [0.1, 0.15) is 5.56 Å². The number of para-hydroxylation sites is 1. The van der Waals surface area contributed by atoms with E-state index in [-0.39, 0.29) is 12.2 Å². The molecule has 1 amide bonds. The lowest BCUT2D eigenvalue weighted by atomic mass is 10.2. The fraction of sp³-hybridized carbons (Fsp3) is 0.222. The van der Waals surface area contributed by atoms with E-state index < -0.39 is 11.7 Å². The van der Waals surface area contributed by atoms with Crippen molar-refractivity contribution in [2.45, 2.75) is 6.92 Å². The van der Waals surface area contributed by atoms with Gasteiger partial charge in [-0.3, -0.25) is 4.79 Å². The summed E-state index contributed by atoms with van der Waals surface area (Å²) in [6.45, 7) is 1.57. The largest absolute Gasteiger partial charge is 0.322 e. The highest BCUT2D eigenvalue weighted by Crippen LogP contribution is 2.18. The lowest BCUT2D eigenvalue weighted by molar-refractivity contribution is -0.114. The SMILES string of the molecule is Cc1cccc(F)c1NC(=O)CN. The van der Waals surface area contributed by atoms with Gasteiger partial charge in [0.2, 0.25) is 5.91 Å². The lowest BCUT2D eigenvalue weighted by Gasteiger charge is -2.07. The molecule has 0 aliphatic rings. The van der Waals surface area contributed by atoms with Gasteiger partial charge in [-0.15, -0.1) is 0 Å². The van der Waals surface area contributed by atoms with E-state index in [0.29, 0.717) is 5.56 Å². The predicted octanol–water partition coefficient (Wildman–Crippen LogP) is 1.03. The third-order valence-electron chi connectivity index (χ3n) is 1.67. The maximum Gasteiger partial charge on any atom is 0.238 e. The minimum Gasteiger partial charge on any atom is -0.322 e. The highest BCUT2D eigenvalue weighted by atomic mass is 19.1. The summed E-state index contributed by atoms with van der Waals surface area (Å²) in [5.74, 6) is -0.838. The molecule has 0 bridgehead atoms. The quantitative estimate of drug-likeness (QED) is 0.717. The van der Waals surface area contributed by atoms with E-state index in [1.807, 2.05) is 0 Å². The van der Waals surface area contributed by atoms with Crippen molar-refractivity contribution in [1.29, 1.82) is 0 Å². The van der Waals surface area contributed by atoms with Crippen LogP contribution in [0.5, 0.6) is 0 Å². The van der Waals surface area contributed by atoms with Crippen molar-refractivity contribution in [3.63, 3.8) is 0 Å². The maximum atomic E-state index is 13.1. The van der Waals surface area contributed by atoms with Gasteiger partial charge in [-0.05, 0) is 18.6 Å². The summed E-state index contributed by atoms with van der Waals surface area (Å²) in [6.07, 6.45) is 0. The number of carbonyl (C=O) groups excluding carboxylic acids is 1. The highest BCUT2D eigenvalue weighted by molar-refractivity contribution is 5.92. The second kappa shape index (κ2) is 4.00. The molecule has 3 N–H and O–H groups in total. The van der Waals surface area contributed by atoms with Crippen LogP contribution < -0.4 is 11.1 Å². The summed E-state index contributed by atoms with van der Waals surface area (Å²) < 4.78 is 13.1. The molecular formula is C9H11FN2O. The zero-order valence-corrected chi connectivity index (χ0v) is 7.30. The van der Waals surface area contributed by atoms with Gasteiger partial charge in [-0.25, -0.2) is 4.39 Å². The third kappa shape index (κ3) is 2.26. The zero-order valence-electron chi connectivity index (χ0n) is 7.30. The van der Waals surface area contributed by atoms with Crippen molar-refractivity contribution < 1.29 is 9.18 Å². The second-order valence-electron chi connectivity index (χ2n) is 2.68. The van der Waals surface area contributed by atoms with Crippen LogP contribution in [0.2, 0.25) is 0 Å². The van der Waals surface area contributed by atoms with Crippen LogP contribution in [-0.2, 0) is 4.79 Å². The Morgan fingerprint density at radius 3 is 2.85 bits per heavy atom. The van der Waals surface area contributed by atoms with E-state index in [1.54, 1.807) is 19.1 Å². The van der Waals surface area contributed by atoms with Gasteiger partial charge in [0.05, 0.1) is 12.2 Å². The molecule has 70 valence electrons. The average molecular weight is 182 g/mol. The van der Waals surface area contributed by atoms with Crippen LogP contribution in [0, 0.1) is 12.7 Å². The number of halogens is 1.